The highest BCUT2D eigenvalue weighted by atomic mass is 32.1. The Morgan fingerprint density at radius 1 is 1.35 bits per heavy atom. The average molecular weight is 328 g/mol. The van der Waals surface area contributed by atoms with Crippen LogP contribution < -0.4 is 5.32 Å². The number of thiazole rings is 1. The molecule has 1 aromatic carbocycles. The van der Waals surface area contributed by atoms with Crippen LogP contribution in [0.25, 0.3) is 10.6 Å². The van der Waals surface area contributed by atoms with Gasteiger partial charge in [0.25, 0.3) is 5.91 Å². The lowest BCUT2D eigenvalue weighted by atomic mass is 10.1. The van der Waals surface area contributed by atoms with E-state index >= 15 is 0 Å². The smallest absolute Gasteiger partial charge is 0.267 e. The van der Waals surface area contributed by atoms with Crippen LogP contribution in [0.4, 0.5) is 5.69 Å². The van der Waals surface area contributed by atoms with Crippen LogP contribution in [0.2, 0.25) is 0 Å². The van der Waals surface area contributed by atoms with Crippen molar-refractivity contribution < 1.29 is 9.90 Å². The highest BCUT2D eigenvalue weighted by Crippen LogP contribution is 2.27. The van der Waals surface area contributed by atoms with E-state index in [9.17, 15) is 9.90 Å². The molecule has 0 bridgehead atoms. The molecular weight excluding hydrogens is 312 g/mol. The Labute approximate surface area is 137 Å². The maximum atomic E-state index is 12.4. The van der Waals surface area contributed by atoms with E-state index in [-0.39, 0.29) is 5.91 Å². The van der Waals surface area contributed by atoms with E-state index in [4.69, 9.17) is 0 Å². The van der Waals surface area contributed by atoms with Crippen LogP contribution in [-0.2, 0) is 7.05 Å². The predicted molar refractivity (Wildman–Crippen MR) is 89.3 cm³/mol. The first-order valence-corrected chi connectivity index (χ1v) is 7.89. The fourth-order valence-corrected chi connectivity index (χ4v) is 2.99. The van der Waals surface area contributed by atoms with E-state index in [1.54, 1.807) is 36.1 Å². The highest BCUT2D eigenvalue weighted by Gasteiger charge is 2.15. The van der Waals surface area contributed by atoms with Crippen LogP contribution in [0.15, 0.2) is 42.9 Å². The summed E-state index contributed by atoms with van der Waals surface area (Å²) in [6.45, 7) is 1.66. The molecular formula is C16H16N4O2S. The van der Waals surface area contributed by atoms with E-state index in [0.717, 1.165) is 10.6 Å². The minimum atomic E-state index is -0.654. The fourth-order valence-electron chi connectivity index (χ4n) is 2.20. The topological polar surface area (TPSA) is 80.0 Å². The van der Waals surface area contributed by atoms with Gasteiger partial charge in [-0.1, -0.05) is 18.2 Å². The Bertz CT molecular complexity index is 838. The molecule has 0 saturated carbocycles. The van der Waals surface area contributed by atoms with Gasteiger partial charge < -0.3 is 10.4 Å². The second-order valence-electron chi connectivity index (χ2n) is 5.15. The lowest BCUT2D eigenvalue weighted by molar-refractivity contribution is 0.103. The summed E-state index contributed by atoms with van der Waals surface area (Å²) in [6.07, 6.45) is 4.46. The molecule has 118 valence electrons. The molecule has 6 nitrogen and oxygen atoms in total. The van der Waals surface area contributed by atoms with E-state index in [1.807, 2.05) is 25.4 Å². The molecule has 1 unspecified atom stereocenters. The fraction of sp³-hybridized carbons (Fsp3) is 0.188. The Morgan fingerprint density at radius 2 is 2.13 bits per heavy atom. The maximum Gasteiger partial charge on any atom is 0.267 e. The van der Waals surface area contributed by atoms with Crippen molar-refractivity contribution in [2.75, 3.05) is 5.32 Å². The molecule has 2 aromatic heterocycles. The number of aliphatic hydroxyl groups excluding tert-OH is 1. The SMILES string of the molecule is CC(O)c1ccccc1NC(=O)c1cnc(-c2cnn(C)c2)s1. The van der Waals surface area contributed by atoms with Crippen molar-refractivity contribution in [3.8, 4) is 10.6 Å². The number of para-hydroxylation sites is 1. The molecule has 0 saturated heterocycles. The van der Waals surface area contributed by atoms with Gasteiger partial charge in [-0.05, 0) is 13.0 Å². The van der Waals surface area contributed by atoms with Crippen LogP contribution in [-0.4, -0.2) is 25.8 Å². The lowest BCUT2D eigenvalue weighted by Gasteiger charge is -2.12. The normalized spacial score (nSPS) is 12.1. The molecule has 2 N–H and O–H groups in total. The molecule has 0 radical (unpaired) electrons. The number of rotatable bonds is 4. The van der Waals surface area contributed by atoms with Crippen molar-refractivity contribution in [1.29, 1.82) is 0 Å². The number of aryl methyl sites for hydroxylation is 1. The molecule has 1 atom stereocenters. The minimum absolute atomic E-state index is 0.245. The third kappa shape index (κ3) is 3.30. The molecule has 23 heavy (non-hydrogen) atoms. The quantitative estimate of drug-likeness (QED) is 0.772. The van der Waals surface area contributed by atoms with Gasteiger partial charge in [-0.25, -0.2) is 4.98 Å². The monoisotopic (exact) mass is 328 g/mol. The zero-order valence-electron chi connectivity index (χ0n) is 12.7. The van der Waals surface area contributed by atoms with Crippen molar-refractivity contribution >= 4 is 22.9 Å². The van der Waals surface area contributed by atoms with Crippen LogP contribution in [0, 0.1) is 0 Å². The van der Waals surface area contributed by atoms with Gasteiger partial charge in [0.15, 0.2) is 0 Å². The van der Waals surface area contributed by atoms with Gasteiger partial charge >= 0.3 is 0 Å². The van der Waals surface area contributed by atoms with E-state index < -0.39 is 6.10 Å². The van der Waals surface area contributed by atoms with E-state index in [1.165, 1.54) is 11.3 Å². The number of amides is 1. The summed E-state index contributed by atoms with van der Waals surface area (Å²) < 4.78 is 1.69. The van der Waals surface area contributed by atoms with Crippen LogP contribution in [0.1, 0.15) is 28.3 Å². The first-order chi connectivity index (χ1) is 11.0. The Balaban J connectivity index is 1.81. The molecule has 2 heterocycles. The van der Waals surface area contributed by atoms with Crippen molar-refractivity contribution in [3.05, 3.63) is 53.3 Å². The Hall–Kier alpha value is -2.51. The van der Waals surface area contributed by atoms with Crippen LogP contribution >= 0.6 is 11.3 Å². The standard InChI is InChI=1S/C16H16N4O2S/c1-10(21)12-5-3-4-6-13(12)19-15(22)14-8-17-16(23-14)11-7-18-20(2)9-11/h3-10,21H,1-2H3,(H,19,22). The number of carbonyl (C=O) groups excluding carboxylic acids is 1. The summed E-state index contributed by atoms with van der Waals surface area (Å²) in [6, 6.07) is 7.19. The van der Waals surface area contributed by atoms with E-state index in [0.29, 0.717) is 16.1 Å². The molecule has 3 aromatic rings. The molecule has 0 aliphatic carbocycles. The number of aliphatic hydroxyl groups is 1. The number of carbonyl (C=O) groups is 1. The van der Waals surface area contributed by atoms with Crippen molar-refractivity contribution in [2.24, 2.45) is 7.05 Å². The number of nitrogens with one attached hydrogen (secondary N) is 1. The molecule has 0 spiro atoms. The first kappa shape index (κ1) is 15.4. The Kier molecular flexibility index (Phi) is 4.22. The lowest BCUT2D eigenvalue weighted by Crippen LogP contribution is -2.12. The first-order valence-electron chi connectivity index (χ1n) is 7.08. The molecule has 7 heteroatoms. The van der Waals surface area contributed by atoms with Gasteiger partial charge in [-0.3, -0.25) is 9.48 Å². The van der Waals surface area contributed by atoms with Crippen molar-refractivity contribution in [1.82, 2.24) is 14.8 Å². The number of nitrogens with zero attached hydrogens (tertiary/aromatic N) is 3. The number of hydrogen-bond donors (Lipinski definition) is 2. The zero-order chi connectivity index (χ0) is 16.4. The average Bonchev–Trinajstić information content (AvgIpc) is 3.16. The summed E-state index contributed by atoms with van der Waals surface area (Å²) in [5, 5.41) is 17.4. The molecule has 3 rings (SSSR count). The minimum Gasteiger partial charge on any atom is -0.389 e. The van der Waals surface area contributed by atoms with Gasteiger partial charge in [0.1, 0.15) is 9.88 Å². The molecule has 0 aliphatic rings. The Morgan fingerprint density at radius 3 is 2.83 bits per heavy atom. The second kappa shape index (κ2) is 6.31. The summed E-state index contributed by atoms with van der Waals surface area (Å²) in [4.78, 5) is 17.2. The molecule has 1 amide bonds. The van der Waals surface area contributed by atoms with Crippen molar-refractivity contribution in [2.45, 2.75) is 13.0 Å². The van der Waals surface area contributed by atoms with Crippen LogP contribution in [0.5, 0.6) is 0 Å². The number of anilines is 1. The summed E-state index contributed by atoms with van der Waals surface area (Å²) >= 11 is 1.30. The van der Waals surface area contributed by atoms with Crippen molar-refractivity contribution in [3.63, 3.8) is 0 Å². The molecule has 0 fully saturated rings. The van der Waals surface area contributed by atoms with Gasteiger partial charge in [-0.2, -0.15) is 5.10 Å². The summed E-state index contributed by atoms with van der Waals surface area (Å²) in [5.74, 6) is -0.245. The number of benzene rings is 1. The van der Waals surface area contributed by atoms with E-state index in [2.05, 4.69) is 15.4 Å². The summed E-state index contributed by atoms with van der Waals surface area (Å²) in [5.41, 5.74) is 2.16. The highest BCUT2D eigenvalue weighted by molar-refractivity contribution is 7.17. The van der Waals surface area contributed by atoms with Gasteiger partial charge in [0.05, 0.1) is 18.5 Å². The van der Waals surface area contributed by atoms with Gasteiger partial charge in [-0.15, -0.1) is 11.3 Å². The largest absolute Gasteiger partial charge is 0.389 e. The molecule has 0 aliphatic heterocycles. The van der Waals surface area contributed by atoms with Gasteiger partial charge in [0.2, 0.25) is 0 Å². The zero-order valence-corrected chi connectivity index (χ0v) is 13.5. The predicted octanol–water partition coefficient (Wildman–Crippen LogP) is 2.85. The van der Waals surface area contributed by atoms with Crippen LogP contribution in [0.3, 0.4) is 0 Å². The third-order valence-corrected chi connectivity index (χ3v) is 4.39. The number of hydrogen-bond acceptors (Lipinski definition) is 5. The number of aromatic nitrogens is 3. The second-order valence-corrected chi connectivity index (χ2v) is 6.18. The summed E-state index contributed by atoms with van der Waals surface area (Å²) in [7, 11) is 1.83. The third-order valence-electron chi connectivity index (χ3n) is 3.34. The van der Waals surface area contributed by atoms with Gasteiger partial charge in [0, 0.05) is 30.1 Å². The maximum absolute atomic E-state index is 12.4.